The van der Waals surface area contributed by atoms with E-state index in [-0.39, 0.29) is 34.6 Å². The molecule has 35 heavy (non-hydrogen) atoms. The third kappa shape index (κ3) is 4.83. The van der Waals surface area contributed by atoms with E-state index in [0.29, 0.717) is 23.4 Å². The van der Waals surface area contributed by atoms with E-state index >= 15 is 0 Å². The number of fused-ring (bicyclic) bond motifs is 1. The number of aromatic amines is 1. The molecule has 1 aromatic heterocycles. The predicted molar refractivity (Wildman–Crippen MR) is 137 cm³/mol. The summed E-state index contributed by atoms with van der Waals surface area (Å²) in [6.45, 7) is 1.97. The molecule has 1 N–H and O–H groups in total. The molecule has 4 rings (SSSR count). The van der Waals surface area contributed by atoms with Gasteiger partial charge >= 0.3 is 0 Å². The number of carbonyl (C=O) groups is 1. The zero-order valence-corrected chi connectivity index (χ0v) is 20.3. The molecule has 180 valence electrons. The SMILES string of the molecule is CCN(c1ccccc1)S(=O)(=O)c1ccc2[nH]cc(C(=O)CCc3ccccc3OC)c(=O)c2c1. The minimum absolute atomic E-state index is 0.00245. The number of ketones is 1. The Hall–Kier alpha value is -3.91. The van der Waals surface area contributed by atoms with Crippen molar-refractivity contribution in [3.63, 3.8) is 0 Å². The number of Topliss-reactive ketones (excluding diaryl/α,β-unsaturated/α-hetero) is 1. The van der Waals surface area contributed by atoms with Crippen LogP contribution in [0.1, 0.15) is 29.3 Å². The second-order valence-electron chi connectivity index (χ2n) is 7.98. The van der Waals surface area contributed by atoms with Crippen molar-refractivity contribution in [2.24, 2.45) is 0 Å². The average molecular weight is 491 g/mol. The van der Waals surface area contributed by atoms with Gasteiger partial charge in [-0.2, -0.15) is 0 Å². The highest BCUT2D eigenvalue weighted by molar-refractivity contribution is 7.92. The van der Waals surface area contributed by atoms with Crippen molar-refractivity contribution in [3.05, 3.63) is 100 Å². The van der Waals surface area contributed by atoms with Gasteiger partial charge in [-0.1, -0.05) is 36.4 Å². The standard InChI is InChI=1S/C27H26N2O5S/c1-3-29(20-10-5-4-6-11-20)35(32,33)21-14-15-24-22(17-21)27(31)23(18-28-24)25(30)16-13-19-9-7-8-12-26(19)34-2/h4-12,14-15,17-18H,3,13,16H2,1-2H3,(H,28,31). The molecule has 0 aliphatic carbocycles. The fourth-order valence-corrected chi connectivity index (χ4v) is 5.57. The summed E-state index contributed by atoms with van der Waals surface area (Å²) in [5, 5.41) is 0.151. The lowest BCUT2D eigenvalue weighted by molar-refractivity contribution is 0.0981. The highest BCUT2D eigenvalue weighted by Crippen LogP contribution is 2.25. The summed E-state index contributed by atoms with van der Waals surface area (Å²) in [7, 11) is -2.35. The molecule has 0 aliphatic rings. The number of sulfonamides is 1. The number of rotatable bonds is 9. The number of pyridine rings is 1. The Bertz CT molecular complexity index is 1530. The fraction of sp³-hybridized carbons (Fsp3) is 0.185. The van der Waals surface area contributed by atoms with Crippen LogP contribution < -0.4 is 14.5 Å². The molecule has 0 atom stereocenters. The average Bonchev–Trinajstić information content (AvgIpc) is 2.88. The molecule has 0 saturated carbocycles. The third-order valence-electron chi connectivity index (χ3n) is 5.89. The number of nitrogens with one attached hydrogen (secondary N) is 1. The Kier molecular flexibility index (Phi) is 7.02. The first-order chi connectivity index (χ1) is 16.9. The number of anilines is 1. The van der Waals surface area contributed by atoms with Gasteiger partial charge in [-0.25, -0.2) is 8.42 Å². The molecule has 0 radical (unpaired) electrons. The van der Waals surface area contributed by atoms with Gasteiger partial charge in [0.25, 0.3) is 10.0 Å². The lowest BCUT2D eigenvalue weighted by Crippen LogP contribution is -2.30. The number of aromatic nitrogens is 1. The van der Waals surface area contributed by atoms with Crippen LogP contribution in [0.4, 0.5) is 5.69 Å². The number of ether oxygens (including phenoxy) is 1. The van der Waals surface area contributed by atoms with Gasteiger partial charge < -0.3 is 9.72 Å². The summed E-state index contributed by atoms with van der Waals surface area (Å²) in [6, 6.07) is 20.5. The second-order valence-corrected chi connectivity index (χ2v) is 9.84. The first kappa shape index (κ1) is 24.2. The van der Waals surface area contributed by atoms with Gasteiger partial charge in [-0.15, -0.1) is 0 Å². The number of methoxy groups -OCH3 is 1. The Balaban J connectivity index is 1.67. The van der Waals surface area contributed by atoms with Crippen molar-refractivity contribution in [1.82, 2.24) is 4.98 Å². The second kappa shape index (κ2) is 10.1. The molecule has 0 aliphatic heterocycles. The summed E-state index contributed by atoms with van der Waals surface area (Å²) < 4.78 is 33.4. The molecule has 0 bridgehead atoms. The van der Waals surface area contributed by atoms with Crippen molar-refractivity contribution in [2.45, 2.75) is 24.7 Å². The van der Waals surface area contributed by atoms with Crippen LogP contribution in [0.5, 0.6) is 5.75 Å². The highest BCUT2D eigenvalue weighted by atomic mass is 32.2. The Morgan fingerprint density at radius 1 is 1.00 bits per heavy atom. The maximum Gasteiger partial charge on any atom is 0.264 e. The van der Waals surface area contributed by atoms with E-state index in [9.17, 15) is 18.0 Å². The maximum absolute atomic E-state index is 13.4. The number of H-pyrrole nitrogens is 1. The number of nitrogens with zero attached hydrogens (tertiary/aromatic N) is 1. The summed E-state index contributed by atoms with van der Waals surface area (Å²) in [6.07, 6.45) is 1.92. The van der Waals surface area contributed by atoms with Crippen LogP contribution in [-0.2, 0) is 16.4 Å². The number of benzene rings is 3. The summed E-state index contributed by atoms with van der Waals surface area (Å²) in [5.74, 6) is 0.355. The van der Waals surface area contributed by atoms with E-state index < -0.39 is 15.5 Å². The monoisotopic (exact) mass is 490 g/mol. The summed E-state index contributed by atoms with van der Waals surface area (Å²) in [4.78, 5) is 29.1. The molecular formula is C27H26N2O5S. The first-order valence-electron chi connectivity index (χ1n) is 11.2. The highest BCUT2D eigenvalue weighted by Gasteiger charge is 2.24. The van der Waals surface area contributed by atoms with Crippen LogP contribution in [0.15, 0.2) is 88.7 Å². The van der Waals surface area contributed by atoms with E-state index in [1.165, 1.54) is 22.6 Å². The normalized spacial score (nSPS) is 11.4. The zero-order chi connectivity index (χ0) is 25.0. The van der Waals surface area contributed by atoms with Crippen LogP contribution in [0.3, 0.4) is 0 Å². The van der Waals surface area contributed by atoms with Crippen LogP contribution in [0.2, 0.25) is 0 Å². The van der Waals surface area contributed by atoms with E-state index in [2.05, 4.69) is 4.98 Å². The molecule has 0 unspecified atom stereocenters. The Morgan fingerprint density at radius 3 is 2.43 bits per heavy atom. The van der Waals surface area contributed by atoms with Gasteiger partial charge in [0, 0.05) is 30.1 Å². The minimum Gasteiger partial charge on any atom is -0.496 e. The van der Waals surface area contributed by atoms with Crippen molar-refractivity contribution in [1.29, 1.82) is 0 Å². The number of hydrogen-bond donors (Lipinski definition) is 1. The molecule has 0 amide bonds. The molecule has 4 aromatic rings. The molecule has 0 spiro atoms. The Labute approximate surface area is 204 Å². The number of hydrogen-bond acceptors (Lipinski definition) is 5. The molecular weight excluding hydrogens is 464 g/mol. The summed E-state index contributed by atoms with van der Waals surface area (Å²) >= 11 is 0. The lowest BCUT2D eigenvalue weighted by Gasteiger charge is -2.23. The van der Waals surface area contributed by atoms with Crippen LogP contribution in [0.25, 0.3) is 10.9 Å². The molecule has 8 heteroatoms. The van der Waals surface area contributed by atoms with Crippen LogP contribution >= 0.6 is 0 Å². The van der Waals surface area contributed by atoms with Gasteiger partial charge in [-0.05, 0) is 55.3 Å². The first-order valence-corrected chi connectivity index (χ1v) is 12.7. The molecule has 1 heterocycles. The lowest BCUT2D eigenvalue weighted by atomic mass is 10.0. The van der Waals surface area contributed by atoms with Gasteiger partial charge in [0.15, 0.2) is 11.2 Å². The molecule has 0 saturated heterocycles. The van der Waals surface area contributed by atoms with E-state index in [0.717, 1.165) is 5.56 Å². The smallest absolute Gasteiger partial charge is 0.264 e. The van der Waals surface area contributed by atoms with Gasteiger partial charge in [0.05, 0.1) is 23.3 Å². The number of para-hydroxylation sites is 2. The van der Waals surface area contributed by atoms with Crippen LogP contribution in [-0.4, -0.2) is 32.8 Å². The van der Waals surface area contributed by atoms with E-state index in [4.69, 9.17) is 4.74 Å². The third-order valence-corrected chi connectivity index (χ3v) is 7.78. The fourth-order valence-electron chi connectivity index (χ4n) is 4.07. The number of carbonyl (C=O) groups excluding carboxylic acids is 1. The van der Waals surface area contributed by atoms with Crippen LogP contribution in [0, 0.1) is 0 Å². The summed E-state index contributed by atoms with van der Waals surface area (Å²) in [5.41, 5.74) is 1.36. The molecule has 7 nitrogen and oxygen atoms in total. The number of aryl methyl sites for hydroxylation is 1. The van der Waals surface area contributed by atoms with Crippen molar-refractivity contribution in [2.75, 3.05) is 18.0 Å². The van der Waals surface area contributed by atoms with Crippen molar-refractivity contribution < 1.29 is 17.9 Å². The topological polar surface area (TPSA) is 96.5 Å². The van der Waals surface area contributed by atoms with Crippen molar-refractivity contribution in [3.8, 4) is 5.75 Å². The quantitative estimate of drug-likeness (QED) is 0.347. The Morgan fingerprint density at radius 2 is 1.71 bits per heavy atom. The minimum atomic E-state index is -3.92. The van der Waals surface area contributed by atoms with E-state index in [1.807, 2.05) is 30.3 Å². The molecule has 3 aromatic carbocycles. The van der Waals surface area contributed by atoms with Gasteiger partial charge in [0.1, 0.15) is 5.75 Å². The van der Waals surface area contributed by atoms with Crippen molar-refractivity contribution >= 4 is 32.4 Å². The van der Waals surface area contributed by atoms with Gasteiger partial charge in [0.2, 0.25) is 0 Å². The zero-order valence-electron chi connectivity index (χ0n) is 19.5. The van der Waals surface area contributed by atoms with Gasteiger partial charge in [-0.3, -0.25) is 13.9 Å². The van der Waals surface area contributed by atoms with E-state index in [1.54, 1.807) is 44.4 Å². The largest absolute Gasteiger partial charge is 0.496 e. The maximum atomic E-state index is 13.4. The predicted octanol–water partition coefficient (Wildman–Crippen LogP) is 4.57. The molecule has 0 fully saturated rings.